The second-order valence-electron chi connectivity index (χ2n) is 12.1. The summed E-state index contributed by atoms with van der Waals surface area (Å²) in [7, 11) is 1.60. The number of alkyl halides is 2. The van der Waals surface area contributed by atoms with Crippen LogP contribution < -0.4 is 21.2 Å². The van der Waals surface area contributed by atoms with E-state index >= 15 is 8.78 Å². The lowest BCUT2D eigenvalue weighted by Crippen LogP contribution is -2.52. The average molecular weight is 687 g/mol. The third-order valence-electron chi connectivity index (χ3n) is 9.21. The Morgan fingerprint density at radius 2 is 1.38 bits per heavy atom. The Morgan fingerprint density at radius 1 is 0.780 bits per heavy atom. The summed E-state index contributed by atoms with van der Waals surface area (Å²) in [6, 6.07) is 20.2. The highest BCUT2D eigenvalue weighted by molar-refractivity contribution is 5.66. The molecule has 256 valence electrons. The Bertz CT molecular complexity index is 2260. The van der Waals surface area contributed by atoms with Crippen molar-refractivity contribution in [2.24, 2.45) is 7.05 Å². The fraction of sp³-hybridized carbons (Fsp3) is 0.235. The monoisotopic (exact) mass is 686 g/mol. The number of aromatic nitrogens is 8. The van der Waals surface area contributed by atoms with Crippen LogP contribution >= 0.6 is 0 Å². The molecule has 0 bridgehead atoms. The smallest absolute Gasteiger partial charge is 0.362 e. The highest BCUT2D eigenvalue weighted by Gasteiger charge is 2.58. The third kappa shape index (κ3) is 5.51. The average Bonchev–Trinajstić information content (AvgIpc) is 3.72. The zero-order valence-electron chi connectivity index (χ0n) is 26.8. The van der Waals surface area contributed by atoms with E-state index in [9.17, 15) is 18.4 Å². The van der Waals surface area contributed by atoms with Gasteiger partial charge in [0, 0.05) is 68.0 Å². The number of rotatable bonds is 8. The minimum atomic E-state index is -4.00. The van der Waals surface area contributed by atoms with Crippen molar-refractivity contribution < 1.29 is 17.6 Å². The van der Waals surface area contributed by atoms with Crippen molar-refractivity contribution in [2.45, 2.75) is 18.4 Å². The summed E-state index contributed by atoms with van der Waals surface area (Å²) in [6.07, 6.45) is 2.77. The summed E-state index contributed by atoms with van der Waals surface area (Å²) < 4.78 is 64.5. The summed E-state index contributed by atoms with van der Waals surface area (Å²) in [4.78, 5) is 33.2. The van der Waals surface area contributed by atoms with Crippen LogP contribution in [0.2, 0.25) is 0 Å². The first kappa shape index (κ1) is 32.5. The minimum Gasteiger partial charge on any atom is -0.368 e. The molecular weight excluding hydrogens is 656 g/mol. The molecule has 1 aliphatic heterocycles. The number of hydrogen-bond donors (Lipinski definition) is 1. The molecule has 3 aromatic carbocycles. The van der Waals surface area contributed by atoms with Gasteiger partial charge < -0.3 is 9.80 Å². The van der Waals surface area contributed by atoms with Gasteiger partial charge in [0.1, 0.15) is 23.7 Å². The molecule has 0 spiro atoms. The molecule has 1 saturated heterocycles. The largest absolute Gasteiger partial charge is 0.368 e. The van der Waals surface area contributed by atoms with E-state index in [1.54, 1.807) is 7.05 Å². The number of aromatic amines is 1. The van der Waals surface area contributed by atoms with Crippen LogP contribution in [0.4, 0.5) is 28.9 Å². The Kier molecular flexibility index (Phi) is 8.08. The fourth-order valence-corrected chi connectivity index (χ4v) is 6.26. The number of nitrogens with zero attached hydrogens (tertiary/aromatic N) is 9. The van der Waals surface area contributed by atoms with Gasteiger partial charge >= 0.3 is 17.3 Å². The SMILES string of the molecule is Cn1ncn(-c2ccc(N3CCN(c4ccc(-c5ccc(C(F)(F)[C@@](C)(c6ccc(F)cc6F)n6nn[nH]c6=O)nc5)cc4)CC3)cc2)c1=O. The molecule has 4 heterocycles. The van der Waals surface area contributed by atoms with Gasteiger partial charge in [-0.3, -0.25) is 4.98 Å². The lowest BCUT2D eigenvalue weighted by Gasteiger charge is -2.37. The van der Waals surface area contributed by atoms with Crippen molar-refractivity contribution in [2.75, 3.05) is 36.0 Å². The number of hydrogen-bond acceptors (Lipinski definition) is 8. The molecule has 50 heavy (non-hydrogen) atoms. The Labute approximate surface area is 281 Å². The highest BCUT2D eigenvalue weighted by Crippen LogP contribution is 2.47. The Hall–Kier alpha value is -6.06. The standard InChI is InChI=1S/C34H30F4N10O2/c1-33(48-31(49)41-42-43-48,28-13-6-24(35)19-29(28)36)34(37,38)30-14-5-23(20-39-30)22-3-7-25(8-4-22)45-15-17-46(18-16-45)26-9-11-27(12-10-26)47-21-40-44(2)32(47)50/h3-14,19-21H,15-18H2,1-2H3,(H,41,43,49)/t33-/m1/s1. The molecule has 0 saturated carbocycles. The van der Waals surface area contributed by atoms with Crippen LogP contribution in [0.25, 0.3) is 16.8 Å². The van der Waals surface area contributed by atoms with Crippen molar-refractivity contribution in [1.29, 1.82) is 0 Å². The van der Waals surface area contributed by atoms with E-state index in [2.05, 4.69) is 30.3 Å². The predicted octanol–water partition coefficient (Wildman–Crippen LogP) is 4.07. The van der Waals surface area contributed by atoms with Gasteiger partial charge in [-0.2, -0.15) is 18.6 Å². The molecule has 1 fully saturated rings. The number of benzene rings is 3. The van der Waals surface area contributed by atoms with E-state index < -0.39 is 40.0 Å². The van der Waals surface area contributed by atoms with Gasteiger partial charge in [0.05, 0.1) is 5.69 Å². The van der Waals surface area contributed by atoms with Gasteiger partial charge in [-0.1, -0.05) is 24.3 Å². The molecule has 0 amide bonds. The summed E-state index contributed by atoms with van der Waals surface area (Å²) in [5.41, 5.74) is -1.39. The van der Waals surface area contributed by atoms with Crippen molar-refractivity contribution >= 4 is 11.4 Å². The molecule has 3 aromatic heterocycles. The molecule has 0 radical (unpaired) electrons. The van der Waals surface area contributed by atoms with Gasteiger partial charge in [0.15, 0.2) is 5.54 Å². The van der Waals surface area contributed by atoms with Crippen molar-refractivity contribution in [3.05, 3.63) is 135 Å². The molecule has 1 aliphatic rings. The van der Waals surface area contributed by atoms with Gasteiger partial charge in [-0.15, -0.1) is 0 Å². The fourth-order valence-electron chi connectivity index (χ4n) is 6.26. The second kappa shape index (κ2) is 12.4. The van der Waals surface area contributed by atoms with Crippen LogP contribution in [0, 0.1) is 11.6 Å². The molecular formula is C34H30F4N10O2. The van der Waals surface area contributed by atoms with E-state index in [0.717, 1.165) is 73.9 Å². The number of pyridine rings is 1. The van der Waals surface area contributed by atoms with E-state index in [1.165, 1.54) is 27.8 Å². The maximum atomic E-state index is 16.4. The number of halogens is 4. The molecule has 1 atom stereocenters. The quantitative estimate of drug-likeness (QED) is 0.238. The number of aryl methyl sites for hydroxylation is 1. The first-order valence-corrected chi connectivity index (χ1v) is 15.6. The normalized spacial score (nSPS) is 14.9. The number of nitrogens with one attached hydrogen (secondary N) is 1. The van der Waals surface area contributed by atoms with E-state index in [1.807, 2.05) is 53.6 Å². The van der Waals surface area contributed by atoms with Crippen LogP contribution in [0.5, 0.6) is 0 Å². The maximum Gasteiger partial charge on any atom is 0.362 e. The summed E-state index contributed by atoms with van der Waals surface area (Å²) in [6.45, 7) is 4.04. The van der Waals surface area contributed by atoms with Gasteiger partial charge in [0.25, 0.3) is 0 Å². The van der Waals surface area contributed by atoms with E-state index in [-0.39, 0.29) is 5.69 Å². The summed E-state index contributed by atoms with van der Waals surface area (Å²) >= 11 is 0. The third-order valence-corrected chi connectivity index (χ3v) is 9.21. The van der Waals surface area contributed by atoms with Gasteiger partial charge in [-0.25, -0.2) is 32.7 Å². The maximum absolute atomic E-state index is 16.4. The molecule has 7 rings (SSSR count). The Morgan fingerprint density at radius 3 is 1.90 bits per heavy atom. The molecule has 1 N–H and O–H groups in total. The zero-order chi connectivity index (χ0) is 35.2. The van der Waals surface area contributed by atoms with Crippen LogP contribution in [0.3, 0.4) is 0 Å². The van der Waals surface area contributed by atoms with Crippen molar-refractivity contribution in [1.82, 2.24) is 39.5 Å². The molecule has 0 aliphatic carbocycles. The molecule has 16 heteroatoms. The predicted molar refractivity (Wildman–Crippen MR) is 177 cm³/mol. The topological polar surface area (TPSA) is 123 Å². The summed E-state index contributed by atoms with van der Waals surface area (Å²) in [5.74, 6) is -6.25. The number of tetrazole rings is 1. The Balaban J connectivity index is 1.05. The van der Waals surface area contributed by atoms with E-state index in [4.69, 9.17) is 0 Å². The first-order valence-electron chi connectivity index (χ1n) is 15.6. The van der Waals surface area contributed by atoms with E-state index in [0.29, 0.717) is 16.3 Å². The van der Waals surface area contributed by atoms with Crippen LogP contribution in [0.15, 0.2) is 101 Å². The molecule has 12 nitrogen and oxygen atoms in total. The number of H-pyrrole nitrogens is 1. The van der Waals surface area contributed by atoms with Crippen LogP contribution in [-0.4, -0.2) is 65.7 Å². The number of anilines is 2. The lowest BCUT2D eigenvalue weighted by molar-refractivity contribution is -0.104. The minimum absolute atomic E-state index is 0.214. The van der Waals surface area contributed by atoms with Gasteiger partial charge in [0.2, 0.25) is 0 Å². The second-order valence-corrected chi connectivity index (χ2v) is 12.1. The zero-order valence-corrected chi connectivity index (χ0v) is 26.8. The van der Waals surface area contributed by atoms with Crippen molar-refractivity contribution in [3.8, 4) is 16.8 Å². The summed E-state index contributed by atoms with van der Waals surface area (Å²) in [5, 5.41) is 12.7. The van der Waals surface area contributed by atoms with Crippen molar-refractivity contribution in [3.63, 3.8) is 0 Å². The van der Waals surface area contributed by atoms with Gasteiger partial charge in [-0.05, 0) is 71.4 Å². The lowest BCUT2D eigenvalue weighted by atomic mass is 9.83. The molecule has 0 unspecified atom stereocenters. The highest BCUT2D eigenvalue weighted by atomic mass is 19.3. The van der Waals surface area contributed by atoms with Crippen LogP contribution in [-0.2, 0) is 18.5 Å². The number of piperazine rings is 1. The first-order chi connectivity index (χ1) is 24.0. The molecule has 6 aromatic rings. The van der Waals surface area contributed by atoms with Crippen LogP contribution in [0.1, 0.15) is 18.2 Å².